The van der Waals surface area contributed by atoms with Gasteiger partial charge in [0.25, 0.3) is 0 Å². The molecule has 48 valence electrons. The third kappa shape index (κ3) is 0.773. The molecule has 0 bridgehead atoms. The Hall–Kier alpha value is -0.0900. The van der Waals surface area contributed by atoms with Crippen molar-refractivity contribution in [2.45, 2.75) is 12.1 Å². The zero-order valence-corrected chi connectivity index (χ0v) is 6.57. The maximum atomic E-state index is 2.41. The molecule has 2 rings (SSSR count). The van der Waals surface area contributed by atoms with E-state index in [1.54, 1.807) is 5.57 Å². The van der Waals surface area contributed by atoms with Crippen LogP contribution in [0, 0.1) is 0 Å². The van der Waals surface area contributed by atoms with Crippen molar-refractivity contribution in [3.8, 4) is 0 Å². The van der Waals surface area contributed by atoms with E-state index in [0.717, 1.165) is 5.66 Å². The summed E-state index contributed by atoms with van der Waals surface area (Å²) in [6.07, 6.45) is 9.55. The Morgan fingerprint density at radius 1 is 1.67 bits per heavy atom. The average molecular weight is 138 g/mol. The van der Waals surface area contributed by atoms with Gasteiger partial charge in [0.15, 0.2) is 0 Å². The molecule has 0 amide bonds. The van der Waals surface area contributed by atoms with Crippen molar-refractivity contribution in [1.29, 1.82) is 0 Å². The lowest BCUT2D eigenvalue weighted by Gasteiger charge is -2.38. The Morgan fingerprint density at radius 3 is 3.11 bits per heavy atom. The second kappa shape index (κ2) is 1.95. The quantitative estimate of drug-likeness (QED) is 0.451. The number of hydrogen-bond acceptors (Lipinski definition) is 0. The minimum absolute atomic E-state index is 0.405. The molecule has 2 unspecified atom stereocenters. The first kappa shape index (κ1) is 5.68. The van der Waals surface area contributed by atoms with E-state index in [9.17, 15) is 0 Å². The highest BCUT2D eigenvalue weighted by molar-refractivity contribution is 7.60. The van der Waals surface area contributed by atoms with E-state index >= 15 is 0 Å². The molecule has 0 radical (unpaired) electrons. The first-order chi connectivity index (χ1) is 4.38. The normalized spacial score (nSPS) is 39.0. The minimum Gasteiger partial charge on any atom is -0.0980 e. The summed E-state index contributed by atoms with van der Waals surface area (Å²) in [5, 5.41) is 0. The van der Waals surface area contributed by atoms with Gasteiger partial charge in [0.05, 0.1) is 0 Å². The van der Waals surface area contributed by atoms with Gasteiger partial charge in [-0.05, 0) is 19.2 Å². The van der Waals surface area contributed by atoms with Crippen molar-refractivity contribution >= 4 is 7.92 Å². The molecule has 1 saturated heterocycles. The molecule has 1 aliphatic heterocycles. The fourth-order valence-electron chi connectivity index (χ4n) is 1.57. The number of fused-ring (bicyclic) bond motifs is 1. The van der Waals surface area contributed by atoms with Crippen LogP contribution in [-0.2, 0) is 0 Å². The third-order valence-electron chi connectivity index (χ3n) is 2.20. The molecule has 0 spiro atoms. The molecule has 1 heterocycles. The van der Waals surface area contributed by atoms with Crippen molar-refractivity contribution in [2.24, 2.45) is 0 Å². The molecular formula is C8H11P. The fourth-order valence-corrected chi connectivity index (χ4v) is 3.59. The standard InChI is InChI=1S/C8H11P/c1-9-6-7-4-2-3-5-8(7)9/h2-4,8H,5-6H2,1H3. The summed E-state index contributed by atoms with van der Waals surface area (Å²) in [6.45, 7) is 2.41. The van der Waals surface area contributed by atoms with E-state index in [1.165, 1.54) is 12.6 Å². The van der Waals surface area contributed by atoms with Gasteiger partial charge in [0.1, 0.15) is 0 Å². The average Bonchev–Trinajstić information content (AvgIpc) is 1.86. The lowest BCUT2D eigenvalue weighted by molar-refractivity contribution is 0.922. The van der Waals surface area contributed by atoms with Gasteiger partial charge < -0.3 is 0 Å². The van der Waals surface area contributed by atoms with Gasteiger partial charge in [-0.15, -0.1) is 0 Å². The van der Waals surface area contributed by atoms with Gasteiger partial charge in [0, 0.05) is 5.66 Å². The number of rotatable bonds is 0. The minimum atomic E-state index is 0.405. The third-order valence-corrected chi connectivity index (χ3v) is 4.67. The summed E-state index contributed by atoms with van der Waals surface area (Å²) in [5.74, 6) is 0. The Bertz CT molecular complexity index is 179. The summed E-state index contributed by atoms with van der Waals surface area (Å²) < 4.78 is 0. The zero-order valence-electron chi connectivity index (χ0n) is 5.67. The first-order valence-electron chi connectivity index (χ1n) is 3.44. The van der Waals surface area contributed by atoms with E-state index in [4.69, 9.17) is 0 Å². The Balaban J connectivity index is 2.18. The van der Waals surface area contributed by atoms with Crippen LogP contribution in [0.4, 0.5) is 0 Å². The molecule has 0 N–H and O–H groups in total. The Morgan fingerprint density at radius 2 is 2.56 bits per heavy atom. The summed E-state index contributed by atoms with van der Waals surface area (Å²) >= 11 is 0. The highest BCUT2D eigenvalue weighted by Gasteiger charge is 2.31. The SMILES string of the molecule is CP1CC2=CC=CCC21. The van der Waals surface area contributed by atoms with Crippen molar-refractivity contribution in [2.75, 3.05) is 12.8 Å². The molecule has 0 saturated carbocycles. The van der Waals surface area contributed by atoms with Crippen LogP contribution in [-0.4, -0.2) is 18.5 Å². The van der Waals surface area contributed by atoms with Crippen molar-refractivity contribution in [3.05, 3.63) is 23.8 Å². The topological polar surface area (TPSA) is 0 Å². The summed E-state index contributed by atoms with van der Waals surface area (Å²) in [4.78, 5) is 0. The summed E-state index contributed by atoms with van der Waals surface area (Å²) in [6, 6.07) is 0. The molecular weight excluding hydrogens is 127 g/mol. The zero-order chi connectivity index (χ0) is 6.27. The van der Waals surface area contributed by atoms with E-state index in [2.05, 4.69) is 24.9 Å². The van der Waals surface area contributed by atoms with E-state index in [-0.39, 0.29) is 0 Å². The predicted octanol–water partition coefficient (Wildman–Crippen LogP) is 2.37. The van der Waals surface area contributed by atoms with Crippen molar-refractivity contribution in [3.63, 3.8) is 0 Å². The lowest BCUT2D eigenvalue weighted by Crippen LogP contribution is -2.24. The van der Waals surface area contributed by atoms with Crippen LogP contribution in [0.1, 0.15) is 6.42 Å². The van der Waals surface area contributed by atoms with Crippen LogP contribution in [0.3, 0.4) is 0 Å². The second-order valence-corrected chi connectivity index (χ2v) is 5.29. The molecule has 0 aromatic heterocycles. The smallest absolute Gasteiger partial charge is 0.00423 e. The predicted molar refractivity (Wildman–Crippen MR) is 43.3 cm³/mol. The van der Waals surface area contributed by atoms with E-state index < -0.39 is 0 Å². The molecule has 0 aromatic carbocycles. The number of hydrogen-bond donors (Lipinski definition) is 0. The van der Waals surface area contributed by atoms with Crippen LogP contribution in [0.2, 0.25) is 0 Å². The second-order valence-electron chi connectivity index (χ2n) is 2.84. The van der Waals surface area contributed by atoms with Crippen LogP contribution in [0.15, 0.2) is 23.8 Å². The van der Waals surface area contributed by atoms with Crippen LogP contribution < -0.4 is 0 Å². The fraction of sp³-hybridized carbons (Fsp3) is 0.500. The van der Waals surface area contributed by atoms with Crippen molar-refractivity contribution < 1.29 is 0 Å². The highest BCUT2D eigenvalue weighted by atomic mass is 31.1. The monoisotopic (exact) mass is 138 g/mol. The Labute approximate surface area is 57.4 Å². The molecule has 2 atom stereocenters. The molecule has 1 heteroatoms. The molecule has 0 aromatic rings. The largest absolute Gasteiger partial charge is 0.0980 e. The lowest BCUT2D eigenvalue weighted by atomic mass is 10.1. The van der Waals surface area contributed by atoms with Crippen LogP contribution in [0.25, 0.3) is 0 Å². The molecule has 9 heavy (non-hydrogen) atoms. The molecule has 0 nitrogen and oxygen atoms in total. The van der Waals surface area contributed by atoms with Gasteiger partial charge >= 0.3 is 0 Å². The summed E-state index contributed by atoms with van der Waals surface area (Å²) in [5.41, 5.74) is 2.70. The van der Waals surface area contributed by atoms with Gasteiger partial charge in [-0.25, -0.2) is 0 Å². The van der Waals surface area contributed by atoms with Crippen LogP contribution >= 0.6 is 7.92 Å². The summed E-state index contributed by atoms with van der Waals surface area (Å²) in [7, 11) is 0.405. The first-order valence-corrected chi connectivity index (χ1v) is 5.48. The molecule has 1 aliphatic carbocycles. The van der Waals surface area contributed by atoms with Crippen LogP contribution in [0.5, 0.6) is 0 Å². The van der Waals surface area contributed by atoms with E-state index in [0.29, 0.717) is 7.92 Å². The van der Waals surface area contributed by atoms with Gasteiger partial charge in [-0.3, -0.25) is 0 Å². The van der Waals surface area contributed by atoms with Gasteiger partial charge in [-0.1, -0.05) is 31.7 Å². The molecule has 2 aliphatic rings. The maximum absolute atomic E-state index is 2.41. The number of allylic oxidation sites excluding steroid dienone is 4. The van der Waals surface area contributed by atoms with Crippen molar-refractivity contribution in [1.82, 2.24) is 0 Å². The Kier molecular flexibility index (Phi) is 1.23. The van der Waals surface area contributed by atoms with Gasteiger partial charge in [-0.2, -0.15) is 0 Å². The molecule has 1 fully saturated rings. The van der Waals surface area contributed by atoms with Gasteiger partial charge in [0.2, 0.25) is 0 Å². The highest BCUT2D eigenvalue weighted by Crippen LogP contribution is 2.55. The van der Waals surface area contributed by atoms with E-state index in [1.807, 2.05) is 0 Å². The maximum Gasteiger partial charge on any atom is 0.00423 e.